The normalized spacial score (nSPS) is 9.77. The average molecular weight is 203 g/mol. The molecule has 1 rings (SSSR count). The summed E-state index contributed by atoms with van der Waals surface area (Å²) in [6.07, 6.45) is 0. The molecule has 0 amide bonds. The fourth-order valence-electron chi connectivity index (χ4n) is 0.838. The summed E-state index contributed by atoms with van der Waals surface area (Å²) in [6, 6.07) is 3.80. The van der Waals surface area contributed by atoms with Gasteiger partial charge in [-0.2, -0.15) is 0 Å². The van der Waals surface area contributed by atoms with E-state index in [0.29, 0.717) is 0 Å². The van der Waals surface area contributed by atoms with Crippen LogP contribution >= 0.6 is 11.6 Å². The van der Waals surface area contributed by atoms with Gasteiger partial charge in [0.25, 0.3) is 0 Å². The van der Waals surface area contributed by atoms with Crippen molar-refractivity contribution >= 4 is 17.6 Å². The molecule has 0 aliphatic heterocycles. The molecule has 70 valence electrons. The molecule has 0 saturated carbocycles. The summed E-state index contributed by atoms with van der Waals surface area (Å²) in [5.74, 6) is -1.16. The van der Waals surface area contributed by atoms with Crippen molar-refractivity contribution < 1.29 is 13.9 Å². The lowest BCUT2D eigenvalue weighted by Crippen LogP contribution is -2.04. The van der Waals surface area contributed by atoms with E-state index in [9.17, 15) is 9.18 Å². The molecule has 1 aromatic carbocycles. The number of hydrogen-bond donors (Lipinski definition) is 0. The summed E-state index contributed by atoms with van der Waals surface area (Å²) in [5, 5.41) is -0.00644. The Hall–Kier alpha value is -1.09. The Labute approximate surface area is 80.3 Å². The van der Waals surface area contributed by atoms with Gasteiger partial charge in [0.15, 0.2) is 0 Å². The first-order valence-electron chi connectivity index (χ1n) is 3.77. The first-order valence-corrected chi connectivity index (χ1v) is 4.15. The van der Waals surface area contributed by atoms with Crippen molar-refractivity contribution in [2.75, 3.05) is 6.61 Å². The molecular formula is C9H8ClFO2. The van der Waals surface area contributed by atoms with E-state index in [2.05, 4.69) is 4.74 Å². The molecule has 0 aromatic heterocycles. The highest BCUT2D eigenvalue weighted by molar-refractivity contribution is 6.30. The Kier molecular flexibility index (Phi) is 3.25. The van der Waals surface area contributed by atoms with Crippen LogP contribution in [-0.2, 0) is 4.74 Å². The highest BCUT2D eigenvalue weighted by atomic mass is 35.5. The molecule has 0 bridgehead atoms. The largest absolute Gasteiger partial charge is 0.462 e. The van der Waals surface area contributed by atoms with Crippen molar-refractivity contribution in [2.45, 2.75) is 6.92 Å². The molecule has 4 heteroatoms. The van der Waals surface area contributed by atoms with Crippen LogP contribution in [0.5, 0.6) is 0 Å². The molecule has 0 fully saturated rings. The summed E-state index contributed by atoms with van der Waals surface area (Å²) in [6.45, 7) is 1.95. The smallest absolute Gasteiger partial charge is 0.338 e. The van der Waals surface area contributed by atoms with E-state index >= 15 is 0 Å². The zero-order valence-electron chi connectivity index (χ0n) is 7.01. The maximum atomic E-state index is 12.8. The lowest BCUT2D eigenvalue weighted by Gasteiger charge is -2.01. The minimum absolute atomic E-state index is 0.00644. The Morgan fingerprint density at radius 3 is 2.85 bits per heavy atom. The third kappa shape index (κ3) is 2.42. The van der Waals surface area contributed by atoms with Crippen LogP contribution < -0.4 is 0 Å². The van der Waals surface area contributed by atoms with Crippen molar-refractivity contribution in [3.63, 3.8) is 0 Å². The summed E-state index contributed by atoms with van der Waals surface area (Å²) in [7, 11) is 0. The van der Waals surface area contributed by atoms with Gasteiger partial charge in [-0.1, -0.05) is 11.6 Å². The maximum Gasteiger partial charge on any atom is 0.338 e. The van der Waals surface area contributed by atoms with E-state index in [0.717, 1.165) is 6.07 Å². The molecule has 0 unspecified atom stereocenters. The van der Waals surface area contributed by atoms with Gasteiger partial charge in [-0.05, 0) is 25.1 Å². The van der Waals surface area contributed by atoms with Crippen LogP contribution in [0, 0.1) is 5.82 Å². The number of rotatable bonds is 2. The number of benzene rings is 1. The standard InChI is InChI=1S/C9H8ClFO2/c1-2-13-9(12)6-3-4-7(10)8(11)5-6/h3-5H,2H2,1H3. The lowest BCUT2D eigenvalue weighted by atomic mass is 10.2. The average Bonchev–Trinajstić information content (AvgIpc) is 2.10. The van der Waals surface area contributed by atoms with Crippen LogP contribution in [0.15, 0.2) is 18.2 Å². The Balaban J connectivity index is 2.90. The zero-order valence-corrected chi connectivity index (χ0v) is 7.77. The van der Waals surface area contributed by atoms with Gasteiger partial charge < -0.3 is 4.74 Å². The second-order valence-corrected chi connectivity index (χ2v) is 2.76. The number of halogens is 2. The van der Waals surface area contributed by atoms with Gasteiger partial charge >= 0.3 is 5.97 Å². The van der Waals surface area contributed by atoms with Gasteiger partial charge in [-0.3, -0.25) is 0 Å². The van der Waals surface area contributed by atoms with Gasteiger partial charge in [0.2, 0.25) is 0 Å². The molecule has 0 aliphatic carbocycles. The molecule has 0 N–H and O–H groups in total. The van der Waals surface area contributed by atoms with Crippen LogP contribution in [-0.4, -0.2) is 12.6 Å². The summed E-state index contributed by atoms with van der Waals surface area (Å²) < 4.78 is 17.5. The van der Waals surface area contributed by atoms with Crippen LogP contribution in [0.2, 0.25) is 5.02 Å². The zero-order chi connectivity index (χ0) is 9.84. The minimum Gasteiger partial charge on any atom is -0.462 e. The molecule has 1 aromatic rings. The Morgan fingerprint density at radius 1 is 1.62 bits per heavy atom. The quantitative estimate of drug-likeness (QED) is 0.690. The van der Waals surface area contributed by atoms with Crippen LogP contribution in [0.4, 0.5) is 4.39 Å². The molecule has 13 heavy (non-hydrogen) atoms. The fraction of sp³-hybridized carbons (Fsp3) is 0.222. The van der Waals surface area contributed by atoms with Crippen LogP contribution in [0.25, 0.3) is 0 Å². The monoisotopic (exact) mass is 202 g/mol. The van der Waals surface area contributed by atoms with E-state index in [-0.39, 0.29) is 17.2 Å². The number of carbonyl (C=O) groups excluding carboxylic acids is 1. The molecule has 0 spiro atoms. The van der Waals surface area contributed by atoms with E-state index in [1.165, 1.54) is 12.1 Å². The molecule has 0 saturated heterocycles. The molecule has 0 atom stereocenters. The van der Waals surface area contributed by atoms with Crippen molar-refractivity contribution in [3.8, 4) is 0 Å². The Bertz CT molecular complexity index is 325. The predicted molar refractivity (Wildman–Crippen MR) is 47.4 cm³/mol. The van der Waals surface area contributed by atoms with Gasteiger partial charge in [-0.25, -0.2) is 9.18 Å². The summed E-state index contributed by atoms with van der Waals surface area (Å²) in [5.41, 5.74) is 0.170. The van der Waals surface area contributed by atoms with Crippen molar-refractivity contribution in [2.24, 2.45) is 0 Å². The molecular weight excluding hydrogens is 195 g/mol. The first-order chi connectivity index (χ1) is 6.15. The van der Waals surface area contributed by atoms with E-state index < -0.39 is 11.8 Å². The molecule has 0 heterocycles. The third-order valence-electron chi connectivity index (χ3n) is 1.43. The number of carbonyl (C=O) groups is 1. The van der Waals surface area contributed by atoms with Crippen LogP contribution in [0.3, 0.4) is 0 Å². The fourth-order valence-corrected chi connectivity index (χ4v) is 0.955. The predicted octanol–water partition coefficient (Wildman–Crippen LogP) is 2.66. The van der Waals surface area contributed by atoms with Gasteiger partial charge in [0.1, 0.15) is 5.82 Å². The second-order valence-electron chi connectivity index (χ2n) is 2.35. The maximum absolute atomic E-state index is 12.8. The third-order valence-corrected chi connectivity index (χ3v) is 1.74. The highest BCUT2D eigenvalue weighted by Crippen LogP contribution is 2.15. The summed E-state index contributed by atoms with van der Waals surface area (Å²) in [4.78, 5) is 11.1. The van der Waals surface area contributed by atoms with Crippen molar-refractivity contribution in [3.05, 3.63) is 34.6 Å². The van der Waals surface area contributed by atoms with Crippen molar-refractivity contribution in [1.29, 1.82) is 0 Å². The highest BCUT2D eigenvalue weighted by Gasteiger charge is 2.08. The van der Waals surface area contributed by atoms with E-state index in [1.54, 1.807) is 6.92 Å². The summed E-state index contributed by atoms with van der Waals surface area (Å²) >= 11 is 5.44. The Morgan fingerprint density at radius 2 is 2.31 bits per heavy atom. The topological polar surface area (TPSA) is 26.3 Å². The van der Waals surface area contributed by atoms with Gasteiger partial charge in [0.05, 0.1) is 17.2 Å². The first kappa shape index (κ1) is 9.99. The molecule has 0 radical (unpaired) electrons. The lowest BCUT2D eigenvalue weighted by molar-refractivity contribution is 0.0526. The van der Waals surface area contributed by atoms with E-state index in [4.69, 9.17) is 11.6 Å². The van der Waals surface area contributed by atoms with Crippen LogP contribution in [0.1, 0.15) is 17.3 Å². The minimum atomic E-state index is -0.618. The van der Waals surface area contributed by atoms with Gasteiger partial charge in [0, 0.05) is 0 Å². The second kappa shape index (κ2) is 4.23. The number of hydrogen-bond acceptors (Lipinski definition) is 2. The number of esters is 1. The van der Waals surface area contributed by atoms with Crippen molar-refractivity contribution in [1.82, 2.24) is 0 Å². The SMILES string of the molecule is CCOC(=O)c1ccc(Cl)c(F)c1. The number of ether oxygens (including phenoxy) is 1. The molecule has 0 aliphatic rings. The van der Waals surface area contributed by atoms with Gasteiger partial charge in [-0.15, -0.1) is 0 Å². The van der Waals surface area contributed by atoms with E-state index in [1.807, 2.05) is 0 Å². The molecule has 2 nitrogen and oxygen atoms in total.